The Morgan fingerprint density at radius 2 is 1.94 bits per heavy atom. The van der Waals surface area contributed by atoms with E-state index in [-0.39, 0.29) is 0 Å². The van der Waals surface area contributed by atoms with Crippen molar-refractivity contribution in [3.8, 4) is 0 Å². The number of nitrogens with two attached hydrogens (primary N) is 1. The minimum atomic E-state index is 0.829. The lowest BCUT2D eigenvalue weighted by Gasteiger charge is -2.14. The summed E-state index contributed by atoms with van der Waals surface area (Å²) in [6, 6.07) is 0. The van der Waals surface area contributed by atoms with Gasteiger partial charge in [-0.25, -0.2) is 15.8 Å². The first-order valence-electron chi connectivity index (χ1n) is 6.70. The molecule has 0 unspecified atom stereocenters. The Balaban J connectivity index is 2.25. The summed E-state index contributed by atoms with van der Waals surface area (Å²) < 4.78 is 0. The molecule has 3 N–H and O–H groups in total. The molecule has 0 atom stereocenters. The molecule has 0 saturated heterocycles. The summed E-state index contributed by atoms with van der Waals surface area (Å²) in [5.74, 6) is 7.33. The second-order valence-corrected chi connectivity index (χ2v) is 5.17. The van der Waals surface area contributed by atoms with Gasteiger partial charge in [0.1, 0.15) is 11.6 Å². The van der Waals surface area contributed by atoms with Crippen molar-refractivity contribution in [3.05, 3.63) is 17.1 Å². The zero-order chi connectivity index (χ0) is 13.0. The number of hydrazine groups is 1. The molecule has 0 amide bonds. The van der Waals surface area contributed by atoms with Crippen LogP contribution in [-0.2, 0) is 19.3 Å². The van der Waals surface area contributed by atoms with Crippen molar-refractivity contribution < 1.29 is 0 Å². The largest absolute Gasteiger partial charge is 0.309 e. The third-order valence-corrected chi connectivity index (χ3v) is 3.40. The van der Waals surface area contributed by atoms with Crippen LogP contribution in [0.2, 0.25) is 0 Å². The lowest BCUT2D eigenvalue weighted by atomic mass is 10.1. The van der Waals surface area contributed by atoms with Gasteiger partial charge in [-0.15, -0.1) is 0 Å². The summed E-state index contributed by atoms with van der Waals surface area (Å²) in [4.78, 5) is 11.4. The number of nitrogen functional groups attached to an aromatic ring is 1. The molecule has 0 fully saturated rings. The Morgan fingerprint density at radius 1 is 1.17 bits per heavy atom. The fourth-order valence-electron chi connectivity index (χ4n) is 2.38. The van der Waals surface area contributed by atoms with Gasteiger partial charge in [-0.05, 0) is 39.8 Å². The van der Waals surface area contributed by atoms with Crippen LogP contribution in [0.25, 0.3) is 0 Å². The summed E-state index contributed by atoms with van der Waals surface area (Å²) in [5.41, 5.74) is 5.17. The zero-order valence-corrected chi connectivity index (χ0v) is 11.4. The highest BCUT2D eigenvalue weighted by Gasteiger charge is 2.16. The van der Waals surface area contributed by atoms with Gasteiger partial charge in [0, 0.05) is 24.2 Å². The molecule has 1 aliphatic rings. The topological polar surface area (TPSA) is 67.1 Å². The minimum Gasteiger partial charge on any atom is -0.309 e. The second kappa shape index (κ2) is 6.11. The Morgan fingerprint density at radius 3 is 2.67 bits per heavy atom. The molecule has 0 radical (unpaired) electrons. The molecule has 0 saturated carbocycles. The van der Waals surface area contributed by atoms with Gasteiger partial charge in [-0.3, -0.25) is 0 Å². The summed E-state index contributed by atoms with van der Waals surface area (Å²) in [5, 5.41) is 0. The van der Waals surface area contributed by atoms with Gasteiger partial charge in [0.15, 0.2) is 0 Å². The van der Waals surface area contributed by atoms with Crippen LogP contribution in [0.4, 0.5) is 5.82 Å². The van der Waals surface area contributed by atoms with Crippen LogP contribution in [0.1, 0.15) is 36.3 Å². The maximum Gasteiger partial charge on any atom is 0.147 e. The molecule has 0 aliphatic heterocycles. The Hall–Kier alpha value is -1.20. The Kier molecular flexibility index (Phi) is 4.49. The van der Waals surface area contributed by atoms with Crippen molar-refractivity contribution in [2.45, 2.75) is 38.5 Å². The number of hydrogen-bond acceptors (Lipinski definition) is 5. The van der Waals surface area contributed by atoms with Crippen LogP contribution < -0.4 is 11.3 Å². The molecule has 0 spiro atoms. The van der Waals surface area contributed by atoms with Gasteiger partial charge in [0.25, 0.3) is 0 Å². The third-order valence-electron chi connectivity index (χ3n) is 3.40. The van der Waals surface area contributed by atoms with Crippen LogP contribution in [-0.4, -0.2) is 35.5 Å². The van der Waals surface area contributed by atoms with Gasteiger partial charge >= 0.3 is 0 Å². The number of nitrogens with one attached hydrogen (secondary N) is 1. The normalized spacial score (nSPS) is 15.3. The number of hydrogen-bond donors (Lipinski definition) is 2. The predicted molar refractivity (Wildman–Crippen MR) is 73.4 cm³/mol. The monoisotopic (exact) mass is 249 g/mol. The Labute approximate surface area is 109 Å². The smallest absolute Gasteiger partial charge is 0.147 e. The standard InChI is InChI=1S/C13H23N5/c1-18(2)9-8-12-15-11-7-5-3-4-6-10(11)13(16-12)17-14/h3-9,14H2,1-2H3,(H,15,16,17). The molecule has 0 aromatic carbocycles. The van der Waals surface area contributed by atoms with Crippen molar-refractivity contribution in [1.82, 2.24) is 14.9 Å². The van der Waals surface area contributed by atoms with E-state index in [0.717, 1.165) is 37.4 Å². The fourth-order valence-corrected chi connectivity index (χ4v) is 2.38. The van der Waals surface area contributed by atoms with Crippen molar-refractivity contribution in [2.24, 2.45) is 5.84 Å². The van der Waals surface area contributed by atoms with Crippen molar-refractivity contribution in [2.75, 3.05) is 26.1 Å². The van der Waals surface area contributed by atoms with E-state index in [1.165, 1.54) is 30.5 Å². The van der Waals surface area contributed by atoms with E-state index < -0.39 is 0 Å². The molecule has 1 aliphatic carbocycles. The minimum absolute atomic E-state index is 0.829. The molecule has 1 heterocycles. The molecule has 1 aromatic heterocycles. The van der Waals surface area contributed by atoms with E-state index in [0.29, 0.717) is 0 Å². The van der Waals surface area contributed by atoms with E-state index in [2.05, 4.69) is 29.4 Å². The first-order chi connectivity index (χ1) is 8.70. The molecule has 1 aromatic rings. The predicted octanol–water partition coefficient (Wildman–Crippen LogP) is 1.14. The Bertz CT molecular complexity index is 403. The van der Waals surface area contributed by atoms with Gasteiger partial charge in [0.05, 0.1) is 0 Å². The number of rotatable bonds is 4. The molecular formula is C13H23N5. The first-order valence-corrected chi connectivity index (χ1v) is 6.70. The molecule has 100 valence electrons. The van der Waals surface area contributed by atoms with E-state index in [1.807, 2.05) is 0 Å². The summed E-state index contributed by atoms with van der Waals surface area (Å²) >= 11 is 0. The molecular weight excluding hydrogens is 226 g/mol. The number of nitrogens with zero attached hydrogens (tertiary/aromatic N) is 3. The van der Waals surface area contributed by atoms with E-state index >= 15 is 0 Å². The van der Waals surface area contributed by atoms with E-state index in [9.17, 15) is 0 Å². The van der Waals surface area contributed by atoms with Gasteiger partial charge in [-0.2, -0.15) is 0 Å². The van der Waals surface area contributed by atoms with Crippen molar-refractivity contribution in [3.63, 3.8) is 0 Å². The highest BCUT2D eigenvalue weighted by Crippen LogP contribution is 2.24. The summed E-state index contributed by atoms with van der Waals surface area (Å²) in [7, 11) is 4.12. The van der Waals surface area contributed by atoms with Gasteiger partial charge in [0.2, 0.25) is 0 Å². The van der Waals surface area contributed by atoms with Crippen LogP contribution in [0.15, 0.2) is 0 Å². The van der Waals surface area contributed by atoms with Crippen LogP contribution >= 0.6 is 0 Å². The highest BCUT2D eigenvalue weighted by atomic mass is 15.3. The highest BCUT2D eigenvalue weighted by molar-refractivity contribution is 5.46. The quantitative estimate of drug-likeness (QED) is 0.476. The number of fused-ring (bicyclic) bond motifs is 1. The zero-order valence-electron chi connectivity index (χ0n) is 11.4. The lowest BCUT2D eigenvalue weighted by Crippen LogP contribution is -2.19. The maximum absolute atomic E-state index is 5.60. The summed E-state index contributed by atoms with van der Waals surface area (Å²) in [6.45, 7) is 0.961. The lowest BCUT2D eigenvalue weighted by molar-refractivity contribution is 0.409. The second-order valence-electron chi connectivity index (χ2n) is 5.17. The average molecular weight is 249 g/mol. The van der Waals surface area contributed by atoms with Gasteiger partial charge in [-0.1, -0.05) is 6.42 Å². The molecule has 2 rings (SSSR count). The number of aromatic nitrogens is 2. The van der Waals surface area contributed by atoms with E-state index in [4.69, 9.17) is 10.8 Å². The van der Waals surface area contributed by atoms with Crippen molar-refractivity contribution in [1.29, 1.82) is 0 Å². The molecule has 18 heavy (non-hydrogen) atoms. The fraction of sp³-hybridized carbons (Fsp3) is 0.692. The molecule has 0 bridgehead atoms. The average Bonchev–Trinajstić information content (AvgIpc) is 2.60. The van der Waals surface area contributed by atoms with Crippen LogP contribution in [0.3, 0.4) is 0 Å². The first kappa shape index (κ1) is 13.2. The van der Waals surface area contributed by atoms with Crippen LogP contribution in [0.5, 0.6) is 0 Å². The SMILES string of the molecule is CN(C)CCc1nc2c(c(NN)n1)CCCCC2. The van der Waals surface area contributed by atoms with Crippen molar-refractivity contribution >= 4 is 5.82 Å². The number of anilines is 1. The number of aryl methyl sites for hydroxylation is 1. The third kappa shape index (κ3) is 3.17. The van der Waals surface area contributed by atoms with Gasteiger partial charge < -0.3 is 10.3 Å². The number of likely N-dealkylation sites (N-methyl/N-ethyl adjacent to an activating group) is 1. The molecule has 5 heteroatoms. The molecule has 5 nitrogen and oxygen atoms in total. The summed E-state index contributed by atoms with van der Waals surface area (Å²) in [6.07, 6.45) is 6.68. The van der Waals surface area contributed by atoms with E-state index in [1.54, 1.807) is 0 Å². The van der Waals surface area contributed by atoms with Crippen LogP contribution in [0, 0.1) is 0 Å². The maximum atomic E-state index is 5.60.